The Hall–Kier alpha value is -3.47. The normalized spacial score (nSPS) is 10.1. The van der Waals surface area contributed by atoms with Gasteiger partial charge in [-0.25, -0.2) is 0 Å². The largest absolute Gasteiger partial charge is 0.497 e. The Morgan fingerprint density at radius 1 is 0.815 bits per heavy atom. The average Bonchev–Trinajstić information content (AvgIpc) is 2.72. The van der Waals surface area contributed by atoms with Crippen molar-refractivity contribution in [3.63, 3.8) is 0 Å². The molecule has 0 heterocycles. The summed E-state index contributed by atoms with van der Waals surface area (Å²) < 4.78 is 16.4. The number of para-hydroxylation sites is 1. The van der Waals surface area contributed by atoms with Crippen LogP contribution in [0.3, 0.4) is 0 Å². The van der Waals surface area contributed by atoms with Crippen molar-refractivity contribution in [1.29, 1.82) is 0 Å². The molecular weight excluding hydrogens is 342 g/mol. The zero-order valence-corrected chi connectivity index (χ0v) is 15.1. The summed E-state index contributed by atoms with van der Waals surface area (Å²) >= 11 is 0. The van der Waals surface area contributed by atoms with Crippen LogP contribution in [0.5, 0.6) is 23.0 Å². The summed E-state index contributed by atoms with van der Waals surface area (Å²) in [5.41, 5.74) is 0.963. The molecule has 5 nitrogen and oxygen atoms in total. The molecule has 0 bridgehead atoms. The number of hydrogen-bond acceptors (Lipinski definition) is 4. The van der Waals surface area contributed by atoms with Crippen LogP contribution in [0.1, 0.15) is 5.56 Å². The van der Waals surface area contributed by atoms with Crippen molar-refractivity contribution < 1.29 is 19.0 Å². The Labute approximate surface area is 158 Å². The Balaban J connectivity index is 1.44. The van der Waals surface area contributed by atoms with Crippen LogP contribution < -0.4 is 19.5 Å². The summed E-state index contributed by atoms with van der Waals surface area (Å²) in [6, 6.07) is 24.2. The number of amides is 1. The standard InChI is InChI=1S/C22H21NO4/c1-25-21-9-5-6-17(14-21)15-23-22(24)16-26-18-10-12-20(13-11-18)27-19-7-3-2-4-8-19/h2-14H,15-16H2,1H3,(H,23,24). The molecule has 3 aromatic carbocycles. The fourth-order valence-corrected chi connectivity index (χ4v) is 2.41. The lowest BCUT2D eigenvalue weighted by atomic mass is 10.2. The second-order valence-electron chi connectivity index (χ2n) is 5.80. The van der Waals surface area contributed by atoms with E-state index in [-0.39, 0.29) is 12.5 Å². The van der Waals surface area contributed by atoms with E-state index in [1.807, 2.05) is 54.6 Å². The summed E-state index contributed by atoms with van der Waals surface area (Å²) in [4.78, 5) is 12.0. The second kappa shape index (κ2) is 9.29. The molecule has 0 aromatic heterocycles. The minimum absolute atomic E-state index is 0.0527. The molecule has 0 fully saturated rings. The summed E-state index contributed by atoms with van der Waals surface area (Å²) in [5.74, 6) is 2.64. The van der Waals surface area contributed by atoms with E-state index >= 15 is 0 Å². The third-order valence-electron chi connectivity index (χ3n) is 3.80. The Morgan fingerprint density at radius 2 is 1.48 bits per heavy atom. The van der Waals surface area contributed by atoms with E-state index in [1.165, 1.54) is 0 Å². The van der Waals surface area contributed by atoms with Crippen molar-refractivity contribution in [3.05, 3.63) is 84.4 Å². The molecular formula is C22H21NO4. The van der Waals surface area contributed by atoms with Gasteiger partial charge in [-0.3, -0.25) is 4.79 Å². The van der Waals surface area contributed by atoms with Crippen molar-refractivity contribution in [1.82, 2.24) is 5.32 Å². The number of carbonyl (C=O) groups is 1. The molecule has 1 amide bonds. The van der Waals surface area contributed by atoms with Crippen molar-refractivity contribution >= 4 is 5.91 Å². The summed E-state index contributed by atoms with van der Waals surface area (Å²) in [5, 5.41) is 2.82. The Bertz CT molecular complexity index is 863. The SMILES string of the molecule is COc1cccc(CNC(=O)COc2ccc(Oc3ccccc3)cc2)c1. The highest BCUT2D eigenvalue weighted by Crippen LogP contribution is 2.23. The van der Waals surface area contributed by atoms with Crippen LogP contribution >= 0.6 is 0 Å². The zero-order chi connectivity index (χ0) is 18.9. The molecule has 3 aromatic rings. The van der Waals surface area contributed by atoms with Crippen LogP contribution in [-0.2, 0) is 11.3 Å². The van der Waals surface area contributed by atoms with Crippen LogP contribution in [-0.4, -0.2) is 19.6 Å². The molecule has 27 heavy (non-hydrogen) atoms. The van der Waals surface area contributed by atoms with Crippen LogP contribution in [0, 0.1) is 0 Å². The summed E-state index contributed by atoms with van der Waals surface area (Å²) in [7, 11) is 1.61. The maximum absolute atomic E-state index is 12.0. The van der Waals surface area contributed by atoms with Gasteiger partial charge < -0.3 is 19.5 Å². The van der Waals surface area contributed by atoms with Crippen molar-refractivity contribution in [2.24, 2.45) is 0 Å². The minimum Gasteiger partial charge on any atom is -0.497 e. The van der Waals surface area contributed by atoms with Crippen molar-refractivity contribution in [2.45, 2.75) is 6.54 Å². The molecule has 0 aliphatic heterocycles. The predicted octanol–water partition coefficient (Wildman–Crippen LogP) is 4.18. The van der Waals surface area contributed by atoms with Gasteiger partial charge in [0.05, 0.1) is 7.11 Å². The number of benzene rings is 3. The van der Waals surface area contributed by atoms with E-state index in [9.17, 15) is 4.79 Å². The summed E-state index contributed by atoms with van der Waals surface area (Å²) in [6.45, 7) is 0.367. The zero-order valence-electron chi connectivity index (χ0n) is 15.1. The highest BCUT2D eigenvalue weighted by atomic mass is 16.5. The molecule has 0 saturated heterocycles. The molecule has 0 radical (unpaired) electrons. The first kappa shape index (κ1) is 18.3. The summed E-state index contributed by atoms with van der Waals surface area (Å²) in [6.07, 6.45) is 0. The average molecular weight is 363 g/mol. The minimum atomic E-state index is -0.192. The first-order valence-electron chi connectivity index (χ1n) is 8.58. The monoisotopic (exact) mass is 363 g/mol. The van der Waals surface area contributed by atoms with Gasteiger partial charge in [0, 0.05) is 6.54 Å². The van der Waals surface area contributed by atoms with E-state index < -0.39 is 0 Å². The van der Waals surface area contributed by atoms with Gasteiger partial charge in [0.1, 0.15) is 23.0 Å². The lowest BCUT2D eigenvalue weighted by Crippen LogP contribution is -2.28. The molecule has 0 saturated carbocycles. The third-order valence-corrected chi connectivity index (χ3v) is 3.80. The third kappa shape index (κ3) is 5.78. The van der Waals surface area contributed by atoms with Crippen LogP contribution in [0.25, 0.3) is 0 Å². The molecule has 0 aliphatic rings. The number of nitrogens with one attached hydrogen (secondary N) is 1. The van der Waals surface area contributed by atoms with Gasteiger partial charge >= 0.3 is 0 Å². The second-order valence-corrected chi connectivity index (χ2v) is 5.80. The van der Waals surface area contributed by atoms with Gasteiger partial charge in [-0.05, 0) is 54.1 Å². The lowest BCUT2D eigenvalue weighted by Gasteiger charge is -2.09. The number of methoxy groups -OCH3 is 1. The maximum atomic E-state index is 12.0. The number of hydrogen-bond donors (Lipinski definition) is 1. The molecule has 3 rings (SSSR count). The van der Waals surface area contributed by atoms with Gasteiger partial charge in [0.25, 0.3) is 5.91 Å². The lowest BCUT2D eigenvalue weighted by molar-refractivity contribution is -0.123. The molecule has 138 valence electrons. The van der Waals surface area contributed by atoms with Crippen molar-refractivity contribution in [2.75, 3.05) is 13.7 Å². The molecule has 0 unspecified atom stereocenters. The highest BCUT2D eigenvalue weighted by molar-refractivity contribution is 5.77. The Kier molecular flexibility index (Phi) is 6.30. The fraction of sp³-hybridized carbons (Fsp3) is 0.136. The smallest absolute Gasteiger partial charge is 0.258 e. The van der Waals surface area contributed by atoms with E-state index in [2.05, 4.69) is 5.32 Å². The molecule has 0 aliphatic carbocycles. The number of ether oxygens (including phenoxy) is 3. The molecule has 1 N–H and O–H groups in total. The van der Waals surface area contributed by atoms with Crippen LogP contribution in [0.15, 0.2) is 78.9 Å². The quantitative estimate of drug-likeness (QED) is 0.652. The molecule has 0 atom stereocenters. The molecule has 5 heteroatoms. The Morgan fingerprint density at radius 3 is 2.22 bits per heavy atom. The topological polar surface area (TPSA) is 56.8 Å². The number of carbonyl (C=O) groups excluding carboxylic acids is 1. The van der Waals surface area contributed by atoms with Crippen molar-refractivity contribution in [3.8, 4) is 23.0 Å². The van der Waals surface area contributed by atoms with E-state index in [1.54, 1.807) is 31.4 Å². The van der Waals surface area contributed by atoms with Gasteiger partial charge in [-0.2, -0.15) is 0 Å². The highest BCUT2D eigenvalue weighted by Gasteiger charge is 2.04. The van der Waals surface area contributed by atoms with Gasteiger partial charge in [0.15, 0.2) is 6.61 Å². The predicted molar refractivity (Wildman–Crippen MR) is 103 cm³/mol. The first-order chi connectivity index (χ1) is 13.2. The fourth-order valence-electron chi connectivity index (χ4n) is 2.41. The molecule has 0 spiro atoms. The van der Waals surface area contributed by atoms with E-state index in [4.69, 9.17) is 14.2 Å². The van der Waals surface area contributed by atoms with E-state index in [0.717, 1.165) is 17.1 Å². The van der Waals surface area contributed by atoms with Gasteiger partial charge in [0.2, 0.25) is 0 Å². The maximum Gasteiger partial charge on any atom is 0.258 e. The van der Waals surface area contributed by atoms with Gasteiger partial charge in [-0.15, -0.1) is 0 Å². The van der Waals surface area contributed by atoms with E-state index in [0.29, 0.717) is 18.0 Å². The van der Waals surface area contributed by atoms with Crippen LogP contribution in [0.4, 0.5) is 0 Å². The number of rotatable bonds is 8. The van der Waals surface area contributed by atoms with Crippen LogP contribution in [0.2, 0.25) is 0 Å². The van der Waals surface area contributed by atoms with Gasteiger partial charge in [-0.1, -0.05) is 30.3 Å². The first-order valence-corrected chi connectivity index (χ1v) is 8.58.